The largest absolute Gasteiger partial charge is 0.417 e. The van der Waals surface area contributed by atoms with Crippen molar-refractivity contribution in [2.24, 2.45) is 0 Å². The molecule has 4 heteroatoms. The van der Waals surface area contributed by atoms with Gasteiger partial charge < -0.3 is 13.9 Å². The summed E-state index contributed by atoms with van der Waals surface area (Å²) in [4.78, 5) is 0. The first kappa shape index (κ1) is 16.2. The van der Waals surface area contributed by atoms with Crippen molar-refractivity contribution in [1.29, 1.82) is 0 Å². The topological polar surface area (TPSA) is 31.0 Å². The van der Waals surface area contributed by atoms with Crippen LogP contribution in [0.15, 0.2) is 0 Å². The first-order valence-electron chi connectivity index (χ1n) is 7.35. The van der Waals surface area contributed by atoms with Crippen LogP contribution in [0.1, 0.15) is 47.5 Å². The maximum atomic E-state index is 6.27. The van der Waals surface area contributed by atoms with E-state index in [0.717, 1.165) is 43.7 Å². The van der Waals surface area contributed by atoms with E-state index in [-0.39, 0.29) is 0 Å². The van der Waals surface area contributed by atoms with E-state index in [4.69, 9.17) is 13.9 Å². The lowest BCUT2D eigenvalue weighted by Crippen LogP contribution is -2.30. The Hall–Kier alpha value is 0.0969. The summed E-state index contributed by atoms with van der Waals surface area (Å²) in [6.07, 6.45) is 2.96. The second-order valence-electron chi connectivity index (χ2n) is 6.07. The van der Waals surface area contributed by atoms with Gasteiger partial charge in [-0.25, -0.2) is 0 Å². The molecule has 1 saturated heterocycles. The Labute approximate surface area is 114 Å². The normalized spacial score (nSPS) is 21.0. The summed E-state index contributed by atoms with van der Waals surface area (Å²) in [6, 6.07) is 0. The van der Waals surface area contributed by atoms with E-state index >= 15 is 0 Å². The average Bonchev–Trinajstić information content (AvgIpc) is 3.08. The quantitative estimate of drug-likeness (QED) is 0.348. The summed E-state index contributed by atoms with van der Waals surface area (Å²) >= 11 is 0. The smallest absolute Gasteiger partial charge is 0.182 e. The molecule has 2 unspecified atom stereocenters. The second kappa shape index (κ2) is 8.30. The molecule has 0 N–H and O–H groups in total. The number of ether oxygens (including phenoxy) is 2. The summed E-state index contributed by atoms with van der Waals surface area (Å²) in [5.74, 6) is 0. The van der Waals surface area contributed by atoms with Gasteiger partial charge in [-0.05, 0) is 30.8 Å². The molecule has 0 aliphatic carbocycles. The van der Waals surface area contributed by atoms with Crippen molar-refractivity contribution >= 4 is 9.04 Å². The molecule has 0 saturated carbocycles. The second-order valence-corrected chi connectivity index (χ2v) is 9.94. The van der Waals surface area contributed by atoms with Crippen molar-refractivity contribution in [1.82, 2.24) is 0 Å². The zero-order valence-corrected chi connectivity index (χ0v) is 13.8. The molecule has 1 aliphatic rings. The van der Waals surface area contributed by atoms with Gasteiger partial charge in [0, 0.05) is 12.7 Å². The Morgan fingerprint density at radius 2 is 1.78 bits per heavy atom. The molecule has 0 aromatic carbocycles. The highest BCUT2D eigenvalue weighted by Gasteiger charge is 2.23. The monoisotopic (exact) mass is 274 g/mol. The molecule has 2 atom stereocenters. The minimum absolute atomic E-state index is 0.382. The minimum Gasteiger partial charge on any atom is -0.417 e. The molecule has 108 valence electrons. The maximum absolute atomic E-state index is 6.27. The van der Waals surface area contributed by atoms with E-state index in [1.54, 1.807) is 0 Å². The fourth-order valence-electron chi connectivity index (χ4n) is 2.27. The van der Waals surface area contributed by atoms with Crippen molar-refractivity contribution in [2.75, 3.05) is 19.8 Å². The standard InChI is InChI=1S/C14H30O3Si/c1-11(2)18(12(3)4)17-13(5)7-6-8-15-9-14-10-16-14/h11-14,18H,6-10H2,1-5H3. The van der Waals surface area contributed by atoms with Crippen molar-refractivity contribution in [3.8, 4) is 0 Å². The minimum atomic E-state index is -1.06. The third-order valence-electron chi connectivity index (χ3n) is 3.31. The lowest BCUT2D eigenvalue weighted by atomic mass is 10.2. The molecule has 0 radical (unpaired) electrons. The average molecular weight is 274 g/mol. The van der Waals surface area contributed by atoms with Crippen LogP contribution < -0.4 is 0 Å². The van der Waals surface area contributed by atoms with Gasteiger partial charge in [0.15, 0.2) is 9.04 Å². The molecule has 0 spiro atoms. The molecule has 1 aliphatic heterocycles. The van der Waals surface area contributed by atoms with Crippen molar-refractivity contribution in [3.63, 3.8) is 0 Å². The molecule has 0 bridgehead atoms. The van der Waals surface area contributed by atoms with Gasteiger partial charge in [0.05, 0.1) is 13.2 Å². The molecule has 18 heavy (non-hydrogen) atoms. The van der Waals surface area contributed by atoms with Crippen LogP contribution in [0.4, 0.5) is 0 Å². The fourth-order valence-corrected chi connectivity index (χ4v) is 5.11. The van der Waals surface area contributed by atoms with Crippen molar-refractivity contribution < 1.29 is 13.9 Å². The van der Waals surface area contributed by atoms with E-state index in [0.29, 0.717) is 12.2 Å². The zero-order valence-electron chi connectivity index (χ0n) is 12.6. The third kappa shape index (κ3) is 6.88. The highest BCUT2D eigenvalue weighted by molar-refractivity contribution is 6.55. The molecule has 1 heterocycles. The first-order valence-corrected chi connectivity index (χ1v) is 9.16. The van der Waals surface area contributed by atoms with Gasteiger partial charge in [-0.1, -0.05) is 27.7 Å². The number of rotatable bonds is 10. The van der Waals surface area contributed by atoms with E-state index in [1.165, 1.54) is 0 Å². The molecular formula is C14H30O3Si. The highest BCUT2D eigenvalue weighted by atomic mass is 28.3. The van der Waals surface area contributed by atoms with E-state index in [2.05, 4.69) is 34.6 Å². The van der Waals surface area contributed by atoms with E-state index in [1.807, 2.05) is 0 Å². The van der Waals surface area contributed by atoms with Crippen LogP contribution in [0.25, 0.3) is 0 Å². The molecule has 0 aromatic heterocycles. The predicted octanol–water partition coefficient (Wildman–Crippen LogP) is 3.13. The molecule has 0 amide bonds. The number of hydrogen-bond donors (Lipinski definition) is 0. The summed E-state index contributed by atoms with van der Waals surface area (Å²) in [7, 11) is -1.06. The zero-order chi connectivity index (χ0) is 13.5. The maximum Gasteiger partial charge on any atom is 0.182 e. The van der Waals surface area contributed by atoms with Gasteiger partial charge in [-0.3, -0.25) is 0 Å². The predicted molar refractivity (Wildman–Crippen MR) is 77.7 cm³/mol. The fraction of sp³-hybridized carbons (Fsp3) is 1.00. The van der Waals surface area contributed by atoms with Gasteiger partial charge in [0.1, 0.15) is 6.10 Å². The van der Waals surface area contributed by atoms with Crippen LogP contribution in [0.5, 0.6) is 0 Å². The van der Waals surface area contributed by atoms with Crippen LogP contribution in [0.3, 0.4) is 0 Å². The molecule has 1 rings (SSSR count). The van der Waals surface area contributed by atoms with Gasteiger partial charge in [0.2, 0.25) is 0 Å². The van der Waals surface area contributed by atoms with Crippen LogP contribution in [0.2, 0.25) is 11.1 Å². The van der Waals surface area contributed by atoms with Gasteiger partial charge >= 0.3 is 0 Å². The van der Waals surface area contributed by atoms with Gasteiger partial charge in [-0.15, -0.1) is 0 Å². The molecular weight excluding hydrogens is 244 g/mol. The summed E-state index contributed by atoms with van der Waals surface area (Å²) in [6.45, 7) is 13.9. The molecule has 0 aromatic rings. The number of hydrogen-bond acceptors (Lipinski definition) is 3. The Kier molecular flexibility index (Phi) is 7.45. The summed E-state index contributed by atoms with van der Waals surface area (Å²) < 4.78 is 16.9. The van der Waals surface area contributed by atoms with E-state index < -0.39 is 9.04 Å². The third-order valence-corrected chi connectivity index (χ3v) is 6.72. The molecule has 3 nitrogen and oxygen atoms in total. The van der Waals surface area contributed by atoms with Crippen molar-refractivity contribution in [3.05, 3.63) is 0 Å². The SMILES string of the molecule is CC(CCCOCC1CO1)O[SiH](C(C)C)C(C)C. The van der Waals surface area contributed by atoms with Crippen LogP contribution in [-0.2, 0) is 13.9 Å². The highest BCUT2D eigenvalue weighted by Crippen LogP contribution is 2.23. The van der Waals surface area contributed by atoms with Crippen LogP contribution in [0, 0.1) is 0 Å². The van der Waals surface area contributed by atoms with Crippen molar-refractivity contribution in [2.45, 2.75) is 70.8 Å². The Morgan fingerprint density at radius 1 is 1.17 bits per heavy atom. The first-order chi connectivity index (χ1) is 8.50. The summed E-state index contributed by atoms with van der Waals surface area (Å²) in [5, 5.41) is 0. The molecule has 1 fully saturated rings. The van der Waals surface area contributed by atoms with Crippen LogP contribution in [-0.4, -0.2) is 41.1 Å². The Balaban J connectivity index is 2.04. The lowest BCUT2D eigenvalue weighted by molar-refractivity contribution is 0.102. The van der Waals surface area contributed by atoms with Crippen LogP contribution >= 0.6 is 0 Å². The Morgan fingerprint density at radius 3 is 2.28 bits per heavy atom. The Bertz CT molecular complexity index is 209. The van der Waals surface area contributed by atoms with Gasteiger partial charge in [-0.2, -0.15) is 0 Å². The summed E-state index contributed by atoms with van der Waals surface area (Å²) in [5.41, 5.74) is 1.44. The number of epoxide rings is 1. The van der Waals surface area contributed by atoms with E-state index in [9.17, 15) is 0 Å². The van der Waals surface area contributed by atoms with Gasteiger partial charge in [0.25, 0.3) is 0 Å². The lowest BCUT2D eigenvalue weighted by Gasteiger charge is -2.27.